The van der Waals surface area contributed by atoms with Gasteiger partial charge in [0.05, 0.1) is 13.2 Å². The van der Waals surface area contributed by atoms with Gasteiger partial charge in [-0.3, -0.25) is 4.99 Å². The smallest absolute Gasteiger partial charge is 0.191 e. The second-order valence-corrected chi connectivity index (χ2v) is 6.54. The Kier molecular flexibility index (Phi) is 10.2. The van der Waals surface area contributed by atoms with Crippen LogP contribution in [0.25, 0.3) is 0 Å². The van der Waals surface area contributed by atoms with Gasteiger partial charge < -0.3 is 20.3 Å². The minimum Gasteiger partial charge on any atom is -0.497 e. The highest BCUT2D eigenvalue weighted by molar-refractivity contribution is 14.0. The van der Waals surface area contributed by atoms with E-state index in [0.29, 0.717) is 0 Å². The number of aryl methyl sites for hydroxylation is 1. The molecule has 2 N–H and O–H groups in total. The third-order valence-corrected chi connectivity index (χ3v) is 4.39. The Morgan fingerprint density at radius 3 is 2.19 bits per heavy atom. The maximum atomic E-state index is 5.25. The molecule has 2 aromatic rings. The predicted molar refractivity (Wildman–Crippen MR) is 124 cm³/mol. The first-order valence-electron chi connectivity index (χ1n) is 8.84. The van der Waals surface area contributed by atoms with Crippen LogP contribution < -0.4 is 15.4 Å². The molecule has 0 aliphatic carbocycles. The van der Waals surface area contributed by atoms with Crippen molar-refractivity contribution in [3.05, 3.63) is 65.2 Å². The zero-order chi connectivity index (χ0) is 18.9. The van der Waals surface area contributed by atoms with Crippen LogP contribution in [0.5, 0.6) is 5.75 Å². The molecule has 0 saturated heterocycles. The van der Waals surface area contributed by atoms with Gasteiger partial charge in [0.25, 0.3) is 0 Å². The molecule has 27 heavy (non-hydrogen) atoms. The molecule has 0 fully saturated rings. The molecule has 148 valence electrons. The minimum absolute atomic E-state index is 0. The zero-order valence-electron chi connectivity index (χ0n) is 16.8. The molecule has 0 heterocycles. The molecule has 0 aromatic heterocycles. The van der Waals surface area contributed by atoms with Crippen LogP contribution in [0, 0.1) is 6.92 Å². The number of hydrogen-bond acceptors (Lipinski definition) is 3. The van der Waals surface area contributed by atoms with Gasteiger partial charge in [-0.15, -0.1) is 24.0 Å². The van der Waals surface area contributed by atoms with Crippen molar-refractivity contribution in [2.45, 2.75) is 19.5 Å². The molecule has 0 aliphatic rings. The van der Waals surface area contributed by atoms with Gasteiger partial charge >= 0.3 is 0 Å². The lowest BCUT2D eigenvalue weighted by atomic mass is 10.1. The summed E-state index contributed by atoms with van der Waals surface area (Å²) in [5, 5.41) is 6.80. The molecule has 1 unspecified atom stereocenters. The Morgan fingerprint density at radius 2 is 1.67 bits per heavy atom. The van der Waals surface area contributed by atoms with Crippen LogP contribution in [0.3, 0.4) is 0 Å². The van der Waals surface area contributed by atoms with Crippen molar-refractivity contribution in [1.29, 1.82) is 0 Å². The molecule has 2 aromatic carbocycles. The SMILES string of the molecule is CN=C(NCc1ccc(C)cc1)NCC(c1ccc(OC)cc1)N(C)C.I. The normalized spacial score (nSPS) is 12.3. The van der Waals surface area contributed by atoms with Gasteiger partial charge in [0, 0.05) is 20.1 Å². The van der Waals surface area contributed by atoms with Crippen molar-refractivity contribution in [2.24, 2.45) is 4.99 Å². The molecule has 0 saturated carbocycles. The molecular weight excluding hydrogens is 451 g/mol. The number of benzene rings is 2. The molecule has 0 bridgehead atoms. The number of nitrogens with one attached hydrogen (secondary N) is 2. The third kappa shape index (κ3) is 7.38. The molecular formula is C21H31IN4O. The van der Waals surface area contributed by atoms with Gasteiger partial charge in [-0.25, -0.2) is 0 Å². The number of likely N-dealkylation sites (N-methyl/N-ethyl adjacent to an activating group) is 1. The van der Waals surface area contributed by atoms with Crippen LogP contribution in [0.2, 0.25) is 0 Å². The van der Waals surface area contributed by atoms with E-state index >= 15 is 0 Å². The van der Waals surface area contributed by atoms with E-state index in [1.165, 1.54) is 16.7 Å². The van der Waals surface area contributed by atoms with Crippen LogP contribution >= 0.6 is 24.0 Å². The number of hydrogen-bond donors (Lipinski definition) is 2. The van der Waals surface area contributed by atoms with Crippen LogP contribution in [0.1, 0.15) is 22.7 Å². The van der Waals surface area contributed by atoms with Crippen LogP contribution in [0.15, 0.2) is 53.5 Å². The summed E-state index contributed by atoms with van der Waals surface area (Å²) in [6.45, 7) is 3.60. The minimum atomic E-state index is 0. The first-order chi connectivity index (χ1) is 12.5. The second-order valence-electron chi connectivity index (χ2n) is 6.54. The molecule has 2 rings (SSSR count). The number of nitrogens with zero attached hydrogens (tertiary/aromatic N) is 2. The summed E-state index contributed by atoms with van der Waals surface area (Å²) < 4.78 is 5.25. The van der Waals surface area contributed by atoms with E-state index in [0.717, 1.165) is 24.8 Å². The average Bonchev–Trinajstić information content (AvgIpc) is 2.66. The van der Waals surface area contributed by atoms with Gasteiger partial charge in [-0.05, 0) is 44.3 Å². The lowest BCUT2D eigenvalue weighted by molar-refractivity contribution is 0.298. The van der Waals surface area contributed by atoms with E-state index in [4.69, 9.17) is 4.74 Å². The third-order valence-electron chi connectivity index (χ3n) is 4.39. The fourth-order valence-corrected chi connectivity index (χ4v) is 2.73. The van der Waals surface area contributed by atoms with Crippen molar-refractivity contribution in [3.63, 3.8) is 0 Å². The Bertz CT molecular complexity index is 699. The number of aliphatic imine (C=N–C) groups is 1. The Hall–Kier alpha value is -1.80. The molecule has 1 atom stereocenters. The van der Waals surface area contributed by atoms with E-state index in [-0.39, 0.29) is 30.0 Å². The van der Waals surface area contributed by atoms with Gasteiger partial charge in [0.1, 0.15) is 5.75 Å². The summed E-state index contributed by atoms with van der Waals surface area (Å²) in [4.78, 5) is 6.53. The fraction of sp³-hybridized carbons (Fsp3) is 0.381. The maximum absolute atomic E-state index is 5.25. The number of rotatable bonds is 7. The quantitative estimate of drug-likeness (QED) is 0.360. The summed E-state index contributed by atoms with van der Waals surface area (Å²) in [5.41, 5.74) is 3.74. The molecule has 0 radical (unpaired) electrons. The van der Waals surface area contributed by atoms with Crippen molar-refractivity contribution in [1.82, 2.24) is 15.5 Å². The standard InChI is InChI=1S/C21H30N4O.HI/c1-16-6-8-17(9-7-16)14-23-21(22-2)24-15-20(25(3)4)18-10-12-19(26-5)13-11-18;/h6-13,20H,14-15H2,1-5H3,(H2,22,23,24);1H. The van der Waals surface area contributed by atoms with Crippen LogP contribution in [0.4, 0.5) is 0 Å². The lowest BCUT2D eigenvalue weighted by Crippen LogP contribution is -2.41. The second kappa shape index (κ2) is 11.8. The number of ether oxygens (including phenoxy) is 1. The molecule has 6 heteroatoms. The number of halogens is 1. The van der Waals surface area contributed by atoms with Crippen molar-refractivity contribution in [2.75, 3.05) is 34.8 Å². The molecule has 0 amide bonds. The molecule has 0 aliphatic heterocycles. The van der Waals surface area contributed by atoms with E-state index < -0.39 is 0 Å². The van der Waals surface area contributed by atoms with Crippen LogP contribution in [-0.2, 0) is 6.54 Å². The van der Waals surface area contributed by atoms with E-state index in [2.05, 4.69) is 77.9 Å². The van der Waals surface area contributed by atoms with E-state index in [1.54, 1.807) is 14.2 Å². The summed E-state index contributed by atoms with van der Waals surface area (Å²) >= 11 is 0. The summed E-state index contributed by atoms with van der Waals surface area (Å²) in [7, 11) is 7.64. The highest BCUT2D eigenvalue weighted by Crippen LogP contribution is 2.20. The number of methoxy groups -OCH3 is 1. The van der Waals surface area contributed by atoms with Crippen molar-refractivity contribution in [3.8, 4) is 5.75 Å². The largest absolute Gasteiger partial charge is 0.497 e. The van der Waals surface area contributed by atoms with E-state index in [1.807, 2.05) is 12.1 Å². The topological polar surface area (TPSA) is 48.9 Å². The van der Waals surface area contributed by atoms with Crippen molar-refractivity contribution >= 4 is 29.9 Å². The van der Waals surface area contributed by atoms with Crippen LogP contribution in [-0.4, -0.2) is 45.7 Å². The lowest BCUT2D eigenvalue weighted by Gasteiger charge is -2.26. The zero-order valence-corrected chi connectivity index (χ0v) is 19.2. The van der Waals surface area contributed by atoms with Gasteiger partial charge in [0.15, 0.2) is 5.96 Å². The van der Waals surface area contributed by atoms with Crippen molar-refractivity contribution < 1.29 is 4.74 Å². The Balaban J connectivity index is 0.00000364. The molecule has 0 spiro atoms. The van der Waals surface area contributed by atoms with Gasteiger partial charge in [-0.2, -0.15) is 0 Å². The monoisotopic (exact) mass is 482 g/mol. The maximum Gasteiger partial charge on any atom is 0.191 e. The fourth-order valence-electron chi connectivity index (χ4n) is 2.73. The van der Waals surface area contributed by atoms with Gasteiger partial charge in [0.2, 0.25) is 0 Å². The highest BCUT2D eigenvalue weighted by Gasteiger charge is 2.14. The van der Waals surface area contributed by atoms with Gasteiger partial charge in [-0.1, -0.05) is 42.0 Å². The first-order valence-corrected chi connectivity index (χ1v) is 8.84. The average molecular weight is 482 g/mol. The summed E-state index contributed by atoms with van der Waals surface area (Å²) in [6, 6.07) is 17.0. The summed E-state index contributed by atoms with van der Waals surface area (Å²) in [6.07, 6.45) is 0. The first kappa shape index (κ1) is 23.2. The number of guanidine groups is 1. The summed E-state index contributed by atoms with van der Waals surface area (Å²) in [5.74, 6) is 1.67. The molecule has 5 nitrogen and oxygen atoms in total. The Labute approximate surface area is 180 Å². The highest BCUT2D eigenvalue weighted by atomic mass is 127. The Morgan fingerprint density at radius 1 is 1.04 bits per heavy atom. The van der Waals surface area contributed by atoms with E-state index in [9.17, 15) is 0 Å². The predicted octanol–water partition coefficient (Wildman–Crippen LogP) is 3.59.